The molecule has 10 heteroatoms. The second kappa shape index (κ2) is 11.7. The molecule has 2 amide bonds. The van der Waals surface area contributed by atoms with Crippen LogP contribution < -0.4 is 16.0 Å². The van der Waals surface area contributed by atoms with Gasteiger partial charge in [0.15, 0.2) is 6.19 Å². The van der Waals surface area contributed by atoms with E-state index in [-0.39, 0.29) is 24.3 Å². The first-order valence-electron chi connectivity index (χ1n) is 11.7. The lowest BCUT2D eigenvalue weighted by Crippen LogP contribution is -2.44. The molecular formula is C26H27BrN6O3. The number of nitriles is 1. The van der Waals surface area contributed by atoms with Gasteiger partial charge < -0.3 is 20.0 Å². The molecular weight excluding hydrogens is 524 g/mol. The number of guanidine groups is 1. The summed E-state index contributed by atoms with van der Waals surface area (Å²) in [5.74, 6) is 0.516. The molecule has 3 N–H and O–H groups in total. The number of carbonyl (C=O) groups is 2. The van der Waals surface area contributed by atoms with Crippen LogP contribution in [0.2, 0.25) is 0 Å². The smallest absolute Gasteiger partial charge is 0.247 e. The minimum atomic E-state index is -0.700. The van der Waals surface area contributed by atoms with E-state index < -0.39 is 6.04 Å². The third kappa shape index (κ3) is 6.64. The highest BCUT2D eigenvalue weighted by molar-refractivity contribution is 9.10. The Morgan fingerprint density at radius 2 is 2.11 bits per heavy atom. The van der Waals surface area contributed by atoms with Crippen molar-refractivity contribution in [1.82, 2.24) is 15.5 Å². The number of nitrogens with one attached hydrogen (secondary N) is 3. The van der Waals surface area contributed by atoms with Crippen LogP contribution in [0.3, 0.4) is 0 Å². The molecule has 36 heavy (non-hydrogen) atoms. The fourth-order valence-electron chi connectivity index (χ4n) is 4.13. The van der Waals surface area contributed by atoms with Gasteiger partial charge in [-0.05, 0) is 68.1 Å². The van der Waals surface area contributed by atoms with Crippen molar-refractivity contribution in [2.75, 3.05) is 18.4 Å². The number of aryl methyl sites for hydroxylation is 1. The minimum Gasteiger partial charge on any atom is -0.461 e. The lowest BCUT2D eigenvalue weighted by atomic mass is 10.1. The van der Waals surface area contributed by atoms with Gasteiger partial charge in [0.1, 0.15) is 17.4 Å². The van der Waals surface area contributed by atoms with Crippen LogP contribution in [-0.4, -0.2) is 41.8 Å². The molecule has 9 nitrogen and oxygen atoms in total. The van der Waals surface area contributed by atoms with Gasteiger partial charge in [-0.1, -0.05) is 28.1 Å². The fourth-order valence-corrected chi connectivity index (χ4v) is 4.58. The third-order valence-electron chi connectivity index (χ3n) is 5.83. The molecule has 1 aliphatic heterocycles. The number of carbonyl (C=O) groups excluding carboxylic acids is 2. The lowest BCUT2D eigenvalue weighted by molar-refractivity contribution is -0.136. The molecule has 1 fully saturated rings. The van der Waals surface area contributed by atoms with E-state index in [1.165, 1.54) is 0 Å². The first-order valence-corrected chi connectivity index (χ1v) is 12.5. The summed E-state index contributed by atoms with van der Waals surface area (Å²) >= 11 is 3.42. The molecule has 0 unspecified atom stereocenters. The highest BCUT2D eigenvalue weighted by Gasteiger charge is 2.28. The number of hydrogen-bond acceptors (Lipinski definition) is 5. The van der Waals surface area contributed by atoms with Gasteiger partial charge in [0.05, 0.1) is 6.54 Å². The number of rotatable bonds is 6. The van der Waals surface area contributed by atoms with Crippen molar-refractivity contribution < 1.29 is 14.0 Å². The summed E-state index contributed by atoms with van der Waals surface area (Å²) in [4.78, 5) is 31.9. The van der Waals surface area contributed by atoms with Crippen molar-refractivity contribution in [1.29, 1.82) is 5.26 Å². The second-order valence-electron chi connectivity index (χ2n) is 8.63. The van der Waals surface area contributed by atoms with Gasteiger partial charge in [-0.15, -0.1) is 0 Å². The predicted octanol–water partition coefficient (Wildman–Crippen LogP) is 4.04. The average molecular weight is 551 g/mol. The number of benzene rings is 2. The van der Waals surface area contributed by atoms with E-state index in [1.54, 1.807) is 4.90 Å². The Morgan fingerprint density at radius 1 is 1.25 bits per heavy atom. The van der Waals surface area contributed by atoms with Gasteiger partial charge in [-0.3, -0.25) is 14.9 Å². The van der Waals surface area contributed by atoms with E-state index in [1.807, 2.05) is 61.6 Å². The van der Waals surface area contributed by atoms with Crippen LogP contribution in [0.4, 0.5) is 5.69 Å². The number of nitrogens with zero attached hydrogens (tertiary/aromatic N) is 3. The van der Waals surface area contributed by atoms with E-state index in [2.05, 4.69) is 36.9 Å². The number of hydrogen-bond donors (Lipinski definition) is 3. The zero-order valence-corrected chi connectivity index (χ0v) is 21.5. The molecule has 1 aromatic heterocycles. The largest absolute Gasteiger partial charge is 0.461 e. The maximum absolute atomic E-state index is 13.3. The monoisotopic (exact) mass is 550 g/mol. The zero-order valence-electron chi connectivity index (χ0n) is 19.9. The summed E-state index contributed by atoms with van der Waals surface area (Å²) in [5, 5.41) is 18.7. The molecule has 0 radical (unpaired) electrons. The van der Waals surface area contributed by atoms with Crippen LogP contribution in [0.25, 0.3) is 11.0 Å². The van der Waals surface area contributed by atoms with Crippen LogP contribution in [0, 0.1) is 18.4 Å². The van der Waals surface area contributed by atoms with Gasteiger partial charge in [0.2, 0.25) is 17.8 Å². The number of furan rings is 1. The number of likely N-dealkylation sites (tertiary alicyclic amines) is 1. The quantitative estimate of drug-likeness (QED) is 0.184. The summed E-state index contributed by atoms with van der Waals surface area (Å²) in [6.45, 7) is 2.70. The maximum Gasteiger partial charge on any atom is 0.247 e. The van der Waals surface area contributed by atoms with E-state index in [0.717, 1.165) is 39.6 Å². The van der Waals surface area contributed by atoms with Crippen LogP contribution >= 0.6 is 15.9 Å². The molecule has 0 bridgehead atoms. The molecule has 2 aromatic carbocycles. The average Bonchev–Trinajstić information content (AvgIpc) is 3.14. The molecule has 0 saturated carbocycles. The van der Waals surface area contributed by atoms with Gasteiger partial charge in [0.25, 0.3) is 0 Å². The highest BCUT2D eigenvalue weighted by atomic mass is 79.9. The molecule has 186 valence electrons. The van der Waals surface area contributed by atoms with Crippen LogP contribution in [0.5, 0.6) is 0 Å². The van der Waals surface area contributed by atoms with Gasteiger partial charge in [-0.2, -0.15) is 5.26 Å². The van der Waals surface area contributed by atoms with E-state index >= 15 is 0 Å². The molecule has 1 saturated heterocycles. The standard InChI is InChI=1S/C26H27BrN6O3/c1-17-11-19-13-21(8-9-23(19)36-17)31-26(30-16-28)32-22-7-2-3-10-33(25(22)35)15-24(34)29-14-18-5-4-6-20(27)12-18/h4-6,8-9,11-13,22H,2-3,7,10,14-15H2,1H3,(H,29,34)(H2,30,31,32)/t22-/m0/s1. The van der Waals surface area contributed by atoms with Crippen LogP contribution in [0.15, 0.2) is 62.4 Å². The van der Waals surface area contributed by atoms with Crippen molar-refractivity contribution >= 4 is 50.4 Å². The molecule has 0 spiro atoms. The van der Waals surface area contributed by atoms with E-state index in [4.69, 9.17) is 4.42 Å². The third-order valence-corrected chi connectivity index (χ3v) is 6.32. The predicted molar refractivity (Wildman–Crippen MR) is 141 cm³/mol. The van der Waals surface area contributed by atoms with Crippen molar-refractivity contribution in [3.05, 3.63) is 64.3 Å². The van der Waals surface area contributed by atoms with Crippen molar-refractivity contribution in [2.24, 2.45) is 4.99 Å². The van der Waals surface area contributed by atoms with Crippen molar-refractivity contribution in [2.45, 2.75) is 38.8 Å². The molecule has 1 atom stereocenters. The van der Waals surface area contributed by atoms with E-state index in [9.17, 15) is 14.9 Å². The SMILES string of the molecule is Cc1cc2cc(NC(=N[C@H]3CCCCN(CC(=O)NCc4cccc(Br)c4)C3=O)NC#N)ccc2o1. The first-order chi connectivity index (χ1) is 17.4. The molecule has 3 aromatic rings. The number of halogens is 1. The van der Waals surface area contributed by atoms with Gasteiger partial charge in [-0.25, -0.2) is 4.99 Å². The number of fused-ring (bicyclic) bond motifs is 1. The molecule has 1 aliphatic rings. The maximum atomic E-state index is 13.3. The Labute approximate surface area is 217 Å². The summed E-state index contributed by atoms with van der Waals surface area (Å²) in [7, 11) is 0. The van der Waals surface area contributed by atoms with Crippen LogP contribution in [0.1, 0.15) is 30.6 Å². The Kier molecular flexibility index (Phi) is 8.23. The lowest BCUT2D eigenvalue weighted by Gasteiger charge is -2.22. The number of aliphatic imine (C=N–C) groups is 1. The molecule has 4 rings (SSSR count). The number of anilines is 1. The Hall–Kier alpha value is -3.84. The summed E-state index contributed by atoms with van der Waals surface area (Å²) in [5.41, 5.74) is 2.43. The fraction of sp³-hybridized carbons (Fsp3) is 0.308. The van der Waals surface area contributed by atoms with Crippen LogP contribution in [-0.2, 0) is 16.1 Å². The summed E-state index contributed by atoms with van der Waals surface area (Å²) in [6.07, 6.45) is 3.98. The number of amides is 2. The Morgan fingerprint density at radius 3 is 2.92 bits per heavy atom. The minimum absolute atomic E-state index is 0.0379. The van der Waals surface area contributed by atoms with Gasteiger partial charge in [0, 0.05) is 28.6 Å². The Balaban J connectivity index is 1.43. The summed E-state index contributed by atoms with van der Waals surface area (Å²) in [6, 6.07) is 14.4. The molecule has 0 aliphatic carbocycles. The highest BCUT2D eigenvalue weighted by Crippen LogP contribution is 2.23. The first kappa shape index (κ1) is 25.3. The topological polar surface area (TPSA) is 123 Å². The zero-order chi connectivity index (χ0) is 25.5. The Bertz CT molecular complexity index is 1330. The van der Waals surface area contributed by atoms with E-state index in [0.29, 0.717) is 25.2 Å². The molecule has 2 heterocycles. The summed E-state index contributed by atoms with van der Waals surface area (Å²) < 4.78 is 6.54. The van der Waals surface area contributed by atoms with Gasteiger partial charge >= 0.3 is 0 Å². The second-order valence-corrected chi connectivity index (χ2v) is 9.54. The normalized spacial score (nSPS) is 16.4. The van der Waals surface area contributed by atoms with Crippen molar-refractivity contribution in [3.63, 3.8) is 0 Å². The van der Waals surface area contributed by atoms with Crippen molar-refractivity contribution in [3.8, 4) is 6.19 Å².